The molecule has 1 saturated heterocycles. The van der Waals surface area contributed by atoms with E-state index in [-0.39, 0.29) is 0 Å². The number of nitrogens with one attached hydrogen (secondary N) is 1. The van der Waals surface area contributed by atoms with Gasteiger partial charge in [-0.2, -0.15) is 0 Å². The Morgan fingerprint density at radius 3 is 2.57 bits per heavy atom. The normalized spacial score (nSPS) is 32.8. The summed E-state index contributed by atoms with van der Waals surface area (Å²) in [5.74, 6) is -4.04. The van der Waals surface area contributed by atoms with Crippen LogP contribution in [0.5, 0.6) is 0 Å². The lowest BCUT2D eigenvalue weighted by molar-refractivity contribution is -0.174. The second-order valence-corrected chi connectivity index (χ2v) is 2.51. The van der Waals surface area contributed by atoms with E-state index >= 15 is 0 Å². The van der Waals surface area contributed by atoms with E-state index in [0.29, 0.717) is 0 Å². The van der Waals surface area contributed by atoms with Crippen molar-refractivity contribution in [2.75, 3.05) is 0 Å². The van der Waals surface area contributed by atoms with Gasteiger partial charge in [0.1, 0.15) is 0 Å². The van der Waals surface area contributed by atoms with E-state index in [1.165, 1.54) is 5.32 Å². The monoisotopic (exact) mass is 209 g/mol. The van der Waals surface area contributed by atoms with Crippen LogP contribution in [0.4, 0.5) is 13.7 Å². The molecule has 2 unspecified atom stereocenters. The van der Waals surface area contributed by atoms with Crippen LogP contribution in [0.25, 0.3) is 0 Å². The zero-order chi connectivity index (χ0) is 11.1. The lowest BCUT2D eigenvalue weighted by Gasteiger charge is -2.32. The van der Waals surface area contributed by atoms with Gasteiger partial charge in [-0.15, -0.1) is 0 Å². The lowest BCUT2D eigenvalue weighted by atomic mass is 10.0. The van der Waals surface area contributed by atoms with Crippen molar-refractivity contribution in [2.24, 2.45) is 5.73 Å². The van der Waals surface area contributed by atoms with Gasteiger partial charge in [0.05, 0.1) is 0 Å². The van der Waals surface area contributed by atoms with E-state index in [2.05, 4.69) is 5.73 Å². The number of aliphatic hydroxyl groups excluding tert-OH is 1. The van der Waals surface area contributed by atoms with Crippen LogP contribution in [0.3, 0.4) is 0 Å². The highest BCUT2D eigenvalue weighted by Gasteiger charge is 2.60. The molecule has 1 rings (SSSR count). The highest BCUT2D eigenvalue weighted by molar-refractivity contribution is 6.14. The summed E-state index contributed by atoms with van der Waals surface area (Å²) in [5.41, 5.74) is 0.773. The number of hydrogen-bond donors (Lipinski definition) is 3. The Morgan fingerprint density at radius 2 is 2.14 bits per heavy atom. The molecule has 4 amide bonds. The molecule has 0 bridgehead atoms. The molecule has 0 aromatic heterocycles. The molecule has 0 aliphatic carbocycles. The van der Waals surface area contributed by atoms with Gasteiger partial charge >= 0.3 is 17.6 Å². The number of carbonyl (C=O) groups excluding carboxylic acids is 3. The van der Waals surface area contributed by atoms with Crippen molar-refractivity contribution in [1.29, 1.82) is 0 Å². The van der Waals surface area contributed by atoms with Gasteiger partial charge in [-0.3, -0.25) is 9.59 Å². The molecule has 1 aliphatic rings. The quantitative estimate of drug-likeness (QED) is 0.340. The average Bonchev–Trinajstić information content (AvgIpc) is 2.11. The van der Waals surface area contributed by atoms with E-state index in [1.54, 1.807) is 0 Å². The minimum atomic E-state index is -3.68. The number of nitrogens with two attached hydrogens (primary N) is 1. The summed E-state index contributed by atoms with van der Waals surface area (Å²) in [6.07, 6.45) is -2.49. The molecule has 0 aromatic carbocycles. The predicted molar refractivity (Wildman–Crippen MR) is 35.5 cm³/mol. The van der Waals surface area contributed by atoms with E-state index < -0.39 is 34.9 Å². The fourth-order valence-electron chi connectivity index (χ4n) is 0.865. The number of aliphatic hydroxyl groups is 1. The third-order valence-corrected chi connectivity index (χ3v) is 1.66. The molecule has 1 heterocycles. The molecule has 2 atom stereocenters. The molecule has 4 N–H and O–H groups in total. The molecule has 0 spiro atoms. The number of halogens is 2. The second kappa shape index (κ2) is 2.87. The summed E-state index contributed by atoms with van der Waals surface area (Å²) in [4.78, 5) is 31.7. The van der Waals surface area contributed by atoms with Gasteiger partial charge in [0.15, 0.2) is 6.23 Å². The fraction of sp³-hybridized carbons (Fsp3) is 0.400. The number of carbonyl (C=O) groups is 3. The minimum Gasteiger partial charge on any atom is -0.369 e. The van der Waals surface area contributed by atoms with Crippen LogP contribution in [0.15, 0.2) is 0 Å². The summed E-state index contributed by atoms with van der Waals surface area (Å²) in [5, 5.41) is 8.97. The Hall–Kier alpha value is -1.77. The molecule has 1 aliphatic heterocycles. The van der Waals surface area contributed by atoms with Gasteiger partial charge in [0.25, 0.3) is 5.91 Å². The summed E-state index contributed by atoms with van der Waals surface area (Å²) in [6, 6.07) is -1.67. The Morgan fingerprint density at radius 1 is 1.64 bits per heavy atom. The van der Waals surface area contributed by atoms with Crippen molar-refractivity contribution in [3.8, 4) is 0 Å². The number of imide groups is 1. The van der Waals surface area contributed by atoms with Gasteiger partial charge < -0.3 is 16.2 Å². The summed E-state index contributed by atoms with van der Waals surface area (Å²) >= 11 is 0. The number of hydrogen-bond acceptors (Lipinski definition) is 4. The molecule has 9 heteroatoms. The first kappa shape index (κ1) is 10.3. The highest BCUT2D eigenvalue weighted by atomic mass is 19.2. The van der Waals surface area contributed by atoms with Gasteiger partial charge in [-0.1, -0.05) is 9.60 Å². The highest BCUT2D eigenvalue weighted by Crippen LogP contribution is 2.23. The minimum absolute atomic E-state index is 1.17. The van der Waals surface area contributed by atoms with Crippen LogP contribution < -0.4 is 11.1 Å². The van der Waals surface area contributed by atoms with Crippen molar-refractivity contribution in [2.45, 2.75) is 11.9 Å². The zero-order valence-corrected chi connectivity index (χ0v) is 6.53. The number of rotatable bonds is 1. The molecule has 0 aromatic rings. The summed E-state index contributed by atoms with van der Waals surface area (Å²) in [6.45, 7) is 0. The van der Waals surface area contributed by atoms with Crippen LogP contribution in [-0.2, 0) is 9.59 Å². The number of amides is 4. The smallest absolute Gasteiger partial charge is 0.355 e. The molecule has 1 fully saturated rings. The van der Waals surface area contributed by atoms with Gasteiger partial charge in [0.2, 0.25) is 0 Å². The molecule has 14 heavy (non-hydrogen) atoms. The molecule has 7 nitrogen and oxygen atoms in total. The summed E-state index contributed by atoms with van der Waals surface area (Å²) < 4.78 is 25.8. The van der Waals surface area contributed by atoms with E-state index in [1.807, 2.05) is 0 Å². The first-order valence-corrected chi connectivity index (χ1v) is 3.29. The zero-order valence-electron chi connectivity index (χ0n) is 6.53. The van der Waals surface area contributed by atoms with Crippen molar-refractivity contribution in [3.63, 3.8) is 0 Å². The second-order valence-electron chi connectivity index (χ2n) is 2.51. The van der Waals surface area contributed by atoms with Crippen LogP contribution in [0.2, 0.25) is 0 Å². The largest absolute Gasteiger partial charge is 0.369 e. The van der Waals surface area contributed by atoms with Crippen LogP contribution >= 0.6 is 0 Å². The Bertz CT molecular complexity index is 322. The molecule has 78 valence electrons. The number of alkyl halides is 1. The van der Waals surface area contributed by atoms with E-state index in [0.717, 1.165) is 0 Å². The maximum absolute atomic E-state index is 13.3. The third kappa shape index (κ3) is 1.09. The molecular formula is C5H5F2N3O4. The number of urea groups is 1. The van der Waals surface area contributed by atoms with Crippen LogP contribution in [-0.4, -0.2) is 40.0 Å². The van der Waals surface area contributed by atoms with Crippen molar-refractivity contribution in [1.82, 2.24) is 10.4 Å². The van der Waals surface area contributed by atoms with Crippen molar-refractivity contribution in [3.05, 3.63) is 0 Å². The van der Waals surface area contributed by atoms with Crippen molar-refractivity contribution >= 4 is 17.8 Å². The first-order chi connectivity index (χ1) is 6.31. The Kier molecular flexibility index (Phi) is 2.12. The van der Waals surface area contributed by atoms with E-state index in [4.69, 9.17) is 5.11 Å². The lowest BCUT2D eigenvalue weighted by Crippen LogP contribution is -2.70. The topological polar surface area (TPSA) is 113 Å². The molecule has 0 saturated carbocycles. The maximum Gasteiger partial charge on any atom is 0.355 e. The van der Waals surface area contributed by atoms with Crippen molar-refractivity contribution < 1.29 is 28.4 Å². The first-order valence-electron chi connectivity index (χ1n) is 3.29. The number of nitrogens with zero attached hydrogens (tertiary/aromatic N) is 1. The fourth-order valence-corrected chi connectivity index (χ4v) is 0.865. The van der Waals surface area contributed by atoms with Gasteiger partial charge in [-0.25, -0.2) is 9.18 Å². The van der Waals surface area contributed by atoms with E-state index in [9.17, 15) is 23.3 Å². The van der Waals surface area contributed by atoms with Crippen LogP contribution in [0.1, 0.15) is 0 Å². The van der Waals surface area contributed by atoms with Gasteiger partial charge in [0, 0.05) is 0 Å². The maximum atomic E-state index is 13.3. The Balaban J connectivity index is 3.13. The van der Waals surface area contributed by atoms with Gasteiger partial charge in [-0.05, 0) is 0 Å². The third-order valence-electron chi connectivity index (χ3n) is 1.66. The summed E-state index contributed by atoms with van der Waals surface area (Å²) in [7, 11) is 0. The molecule has 0 radical (unpaired) electrons. The average molecular weight is 209 g/mol. The molecular weight excluding hydrogens is 204 g/mol. The predicted octanol–water partition coefficient (Wildman–Crippen LogP) is -2.07. The standard InChI is InChI=1S/C5H5F2N3O4/c6-5(1(8)11)2(12)9-4(14)10(7)3(5)13/h2,12H,(H2,8,11)(H,9,14). The number of primary amides is 1. The Labute approximate surface area is 75.4 Å². The SMILES string of the molecule is NC(=O)C1(F)C(=O)N(F)C(=O)NC1O. The van der Waals surface area contributed by atoms with Crippen LogP contribution in [0, 0.1) is 0 Å².